The minimum absolute atomic E-state index is 0.119. The summed E-state index contributed by atoms with van der Waals surface area (Å²) in [6.45, 7) is 7.68. The largest absolute Gasteiger partial charge is 0.375 e. The standard InChI is InChI=1S/C23H35NO2/c1-19(25)24(21-11-16-26-22(2,3)18-21)15-14-23(12-7-8-13-23)17-20-9-5-4-6-10-20/h4-6,9-10,21H,7-8,11-18H2,1-3H3/t21-/m1/s1. The number of nitrogens with zero attached hydrogens (tertiary/aromatic N) is 1. The van der Waals surface area contributed by atoms with E-state index >= 15 is 0 Å². The molecule has 0 radical (unpaired) electrons. The van der Waals surface area contributed by atoms with Gasteiger partial charge >= 0.3 is 0 Å². The van der Waals surface area contributed by atoms with Gasteiger partial charge in [-0.2, -0.15) is 0 Å². The highest BCUT2D eigenvalue weighted by molar-refractivity contribution is 5.73. The van der Waals surface area contributed by atoms with Crippen LogP contribution in [-0.4, -0.2) is 35.6 Å². The lowest BCUT2D eigenvalue weighted by Gasteiger charge is -2.42. The summed E-state index contributed by atoms with van der Waals surface area (Å²) >= 11 is 0. The van der Waals surface area contributed by atoms with Crippen molar-refractivity contribution in [3.05, 3.63) is 35.9 Å². The van der Waals surface area contributed by atoms with Crippen molar-refractivity contribution in [3.63, 3.8) is 0 Å². The molecule has 1 saturated carbocycles. The van der Waals surface area contributed by atoms with E-state index in [1.54, 1.807) is 6.92 Å². The van der Waals surface area contributed by atoms with E-state index in [0.29, 0.717) is 11.5 Å². The second-order valence-corrected chi connectivity index (χ2v) is 9.09. The van der Waals surface area contributed by atoms with Gasteiger partial charge in [-0.3, -0.25) is 4.79 Å². The second kappa shape index (κ2) is 8.12. The lowest BCUT2D eigenvalue weighted by atomic mass is 9.77. The van der Waals surface area contributed by atoms with E-state index in [9.17, 15) is 4.79 Å². The van der Waals surface area contributed by atoms with Crippen LogP contribution in [0.15, 0.2) is 30.3 Å². The Hall–Kier alpha value is -1.35. The maximum absolute atomic E-state index is 12.4. The van der Waals surface area contributed by atoms with Gasteiger partial charge in [-0.05, 0) is 63.4 Å². The fourth-order valence-corrected chi connectivity index (χ4v) is 5.09. The molecule has 1 aliphatic heterocycles. The van der Waals surface area contributed by atoms with Crippen LogP contribution in [0.5, 0.6) is 0 Å². The fraction of sp³-hybridized carbons (Fsp3) is 0.696. The lowest BCUT2D eigenvalue weighted by Crippen LogP contribution is -2.48. The van der Waals surface area contributed by atoms with Gasteiger partial charge in [0.25, 0.3) is 0 Å². The first-order valence-corrected chi connectivity index (χ1v) is 10.3. The molecule has 2 aliphatic rings. The van der Waals surface area contributed by atoms with Gasteiger partial charge in [-0.25, -0.2) is 0 Å². The smallest absolute Gasteiger partial charge is 0.219 e. The van der Waals surface area contributed by atoms with Crippen LogP contribution in [0.1, 0.15) is 71.3 Å². The number of rotatable bonds is 6. The third kappa shape index (κ3) is 4.88. The van der Waals surface area contributed by atoms with Gasteiger partial charge in [0, 0.05) is 26.1 Å². The van der Waals surface area contributed by atoms with Crippen molar-refractivity contribution in [1.82, 2.24) is 4.90 Å². The molecular weight excluding hydrogens is 322 g/mol. The number of amides is 1. The van der Waals surface area contributed by atoms with Crippen molar-refractivity contribution in [1.29, 1.82) is 0 Å². The van der Waals surface area contributed by atoms with Crippen LogP contribution in [0.25, 0.3) is 0 Å². The normalized spacial score (nSPS) is 24.3. The summed E-state index contributed by atoms with van der Waals surface area (Å²) in [5.41, 5.74) is 1.69. The van der Waals surface area contributed by atoms with Crippen molar-refractivity contribution in [2.24, 2.45) is 5.41 Å². The molecule has 26 heavy (non-hydrogen) atoms. The maximum Gasteiger partial charge on any atom is 0.219 e. The van der Waals surface area contributed by atoms with E-state index in [0.717, 1.165) is 38.8 Å². The number of ether oxygens (including phenoxy) is 1. The van der Waals surface area contributed by atoms with Crippen molar-refractivity contribution >= 4 is 5.91 Å². The summed E-state index contributed by atoms with van der Waals surface area (Å²) < 4.78 is 5.86. The average Bonchev–Trinajstić information content (AvgIpc) is 3.03. The Kier molecular flexibility index (Phi) is 6.06. The van der Waals surface area contributed by atoms with E-state index in [-0.39, 0.29) is 11.5 Å². The summed E-state index contributed by atoms with van der Waals surface area (Å²) in [5.74, 6) is 0.223. The summed E-state index contributed by atoms with van der Waals surface area (Å²) in [6, 6.07) is 11.2. The van der Waals surface area contributed by atoms with Gasteiger partial charge in [0.05, 0.1) is 5.60 Å². The topological polar surface area (TPSA) is 29.5 Å². The van der Waals surface area contributed by atoms with E-state index in [4.69, 9.17) is 4.74 Å². The molecule has 0 aromatic heterocycles. The molecule has 0 N–H and O–H groups in total. The fourth-order valence-electron chi connectivity index (χ4n) is 5.09. The van der Waals surface area contributed by atoms with Gasteiger partial charge in [0.2, 0.25) is 5.91 Å². The lowest BCUT2D eigenvalue weighted by molar-refractivity contribution is -0.138. The van der Waals surface area contributed by atoms with Crippen molar-refractivity contribution in [2.75, 3.05) is 13.2 Å². The van der Waals surface area contributed by atoms with Gasteiger partial charge in [-0.15, -0.1) is 0 Å². The van der Waals surface area contributed by atoms with Gasteiger partial charge in [-0.1, -0.05) is 43.2 Å². The summed E-state index contributed by atoms with van der Waals surface area (Å²) in [5, 5.41) is 0. The second-order valence-electron chi connectivity index (χ2n) is 9.09. The van der Waals surface area contributed by atoms with Crippen molar-refractivity contribution < 1.29 is 9.53 Å². The molecule has 1 atom stereocenters. The Morgan fingerprint density at radius 2 is 1.88 bits per heavy atom. The number of carbonyl (C=O) groups is 1. The monoisotopic (exact) mass is 357 g/mol. The van der Waals surface area contributed by atoms with E-state index in [1.807, 2.05) is 0 Å². The first-order chi connectivity index (χ1) is 12.4. The number of hydrogen-bond donors (Lipinski definition) is 0. The number of benzene rings is 1. The minimum atomic E-state index is -0.119. The van der Waals surface area contributed by atoms with Gasteiger partial charge in [0.15, 0.2) is 0 Å². The Bertz CT molecular complexity index is 589. The highest BCUT2D eigenvalue weighted by Gasteiger charge is 2.37. The van der Waals surface area contributed by atoms with Crippen LogP contribution >= 0.6 is 0 Å². The molecule has 0 unspecified atom stereocenters. The molecule has 1 aromatic carbocycles. The molecule has 3 heteroatoms. The highest BCUT2D eigenvalue weighted by atomic mass is 16.5. The quantitative estimate of drug-likeness (QED) is 0.718. The zero-order valence-electron chi connectivity index (χ0n) is 16.8. The third-order valence-electron chi connectivity index (χ3n) is 6.49. The molecule has 1 heterocycles. The number of hydrogen-bond acceptors (Lipinski definition) is 2. The van der Waals surface area contributed by atoms with Crippen molar-refractivity contribution in [2.45, 2.75) is 83.8 Å². The molecule has 0 spiro atoms. The first kappa shape index (κ1) is 19.4. The number of carbonyl (C=O) groups excluding carboxylic acids is 1. The van der Waals surface area contributed by atoms with Crippen LogP contribution in [-0.2, 0) is 16.0 Å². The Labute approximate surface area is 159 Å². The molecule has 2 fully saturated rings. The SMILES string of the molecule is CC(=O)N(CCC1(Cc2ccccc2)CCCC1)[C@@H]1CCOC(C)(C)C1. The molecule has 144 valence electrons. The van der Waals surface area contributed by atoms with Gasteiger partial charge in [0.1, 0.15) is 0 Å². The van der Waals surface area contributed by atoms with Crippen LogP contribution in [0.3, 0.4) is 0 Å². The van der Waals surface area contributed by atoms with E-state index < -0.39 is 0 Å². The van der Waals surface area contributed by atoms with Crippen molar-refractivity contribution in [3.8, 4) is 0 Å². The predicted octanol–water partition coefficient (Wildman–Crippen LogP) is 4.99. The van der Waals surface area contributed by atoms with E-state index in [2.05, 4.69) is 49.1 Å². The zero-order valence-corrected chi connectivity index (χ0v) is 16.8. The molecule has 1 amide bonds. The minimum Gasteiger partial charge on any atom is -0.375 e. The molecule has 0 bridgehead atoms. The predicted molar refractivity (Wildman–Crippen MR) is 106 cm³/mol. The Morgan fingerprint density at radius 3 is 2.50 bits per heavy atom. The molecule has 1 aliphatic carbocycles. The highest BCUT2D eigenvalue weighted by Crippen LogP contribution is 2.44. The molecule has 1 aromatic rings. The Balaban J connectivity index is 1.67. The molecule has 3 nitrogen and oxygen atoms in total. The maximum atomic E-state index is 12.4. The summed E-state index contributed by atoms with van der Waals surface area (Å²) in [7, 11) is 0. The molecule has 3 rings (SSSR count). The van der Waals surface area contributed by atoms with E-state index in [1.165, 1.54) is 31.2 Å². The summed E-state index contributed by atoms with van der Waals surface area (Å²) in [4.78, 5) is 14.6. The van der Waals surface area contributed by atoms with Crippen LogP contribution < -0.4 is 0 Å². The molecular formula is C23H35NO2. The zero-order chi connectivity index (χ0) is 18.6. The van der Waals surface area contributed by atoms with Crippen LogP contribution in [0.2, 0.25) is 0 Å². The van der Waals surface area contributed by atoms with Crippen LogP contribution in [0, 0.1) is 5.41 Å². The first-order valence-electron chi connectivity index (χ1n) is 10.3. The van der Waals surface area contributed by atoms with Crippen LogP contribution in [0.4, 0.5) is 0 Å². The Morgan fingerprint density at radius 1 is 1.19 bits per heavy atom. The molecule has 1 saturated heterocycles. The van der Waals surface area contributed by atoms with Gasteiger partial charge < -0.3 is 9.64 Å². The third-order valence-corrected chi connectivity index (χ3v) is 6.49. The average molecular weight is 358 g/mol. The summed E-state index contributed by atoms with van der Waals surface area (Å²) in [6.07, 6.45) is 9.44.